The van der Waals surface area contributed by atoms with Crippen LogP contribution in [0.3, 0.4) is 0 Å². The van der Waals surface area contributed by atoms with E-state index >= 15 is 0 Å². The Kier molecular flexibility index (Phi) is 4.99. The third kappa shape index (κ3) is 3.36. The highest BCUT2D eigenvalue weighted by Gasteiger charge is 2.28. The van der Waals surface area contributed by atoms with Crippen LogP contribution in [0.25, 0.3) is 0 Å². The van der Waals surface area contributed by atoms with E-state index in [1.54, 1.807) is 19.2 Å². The van der Waals surface area contributed by atoms with E-state index in [1.165, 1.54) is 12.0 Å². The molecule has 0 bridgehead atoms. The van der Waals surface area contributed by atoms with Crippen LogP contribution in [0, 0.1) is 6.92 Å². The van der Waals surface area contributed by atoms with Crippen LogP contribution in [-0.2, 0) is 16.1 Å². The van der Waals surface area contributed by atoms with Gasteiger partial charge >= 0.3 is 5.97 Å². The topological polar surface area (TPSA) is 62.4 Å². The summed E-state index contributed by atoms with van der Waals surface area (Å²) in [6, 6.07) is 10.6. The number of H-pyrrole nitrogens is 1. The lowest BCUT2D eigenvalue weighted by Gasteiger charge is -2.27. The Labute approximate surface area is 129 Å². The summed E-state index contributed by atoms with van der Waals surface area (Å²) in [5, 5.41) is 0. The molecule has 2 rings (SSSR count). The van der Waals surface area contributed by atoms with Crippen molar-refractivity contribution in [1.82, 2.24) is 9.88 Å². The van der Waals surface area contributed by atoms with Gasteiger partial charge < -0.3 is 14.6 Å². The molecule has 1 N–H and O–H groups in total. The van der Waals surface area contributed by atoms with Gasteiger partial charge in [0, 0.05) is 18.4 Å². The second kappa shape index (κ2) is 6.93. The van der Waals surface area contributed by atoms with Crippen LogP contribution < -0.4 is 0 Å². The van der Waals surface area contributed by atoms with E-state index in [4.69, 9.17) is 4.74 Å². The van der Waals surface area contributed by atoms with E-state index in [2.05, 4.69) is 4.98 Å². The minimum atomic E-state index is -0.660. The Morgan fingerprint density at radius 3 is 2.45 bits per heavy atom. The zero-order chi connectivity index (χ0) is 16.1. The normalized spacial score (nSPS) is 11.8. The minimum absolute atomic E-state index is 0.194. The number of carbonyl (C=O) groups excluding carboxylic acids is 2. The van der Waals surface area contributed by atoms with Crippen molar-refractivity contribution in [3.05, 3.63) is 59.4 Å². The molecule has 0 spiro atoms. The lowest BCUT2D eigenvalue weighted by atomic mass is 10.1. The molecule has 0 aliphatic heterocycles. The average molecular weight is 300 g/mol. The smallest absolute Gasteiger partial charge is 0.328 e. The summed E-state index contributed by atoms with van der Waals surface area (Å²) >= 11 is 0. The Hall–Kier alpha value is -2.56. The standard InChI is InChI=1S/C17H20N2O3/c1-12-15(9-10-18-12)16(20)19(13(2)17(21)22-3)11-14-7-5-4-6-8-14/h4-10,13,18H,11H2,1-3H3/t13-/m0/s1. The zero-order valence-corrected chi connectivity index (χ0v) is 13.0. The van der Waals surface area contributed by atoms with E-state index in [9.17, 15) is 9.59 Å². The van der Waals surface area contributed by atoms with Gasteiger partial charge in [-0.3, -0.25) is 4.79 Å². The molecule has 0 saturated carbocycles. The van der Waals surface area contributed by atoms with Crippen LogP contribution >= 0.6 is 0 Å². The number of esters is 1. The monoisotopic (exact) mass is 300 g/mol. The van der Waals surface area contributed by atoms with E-state index in [-0.39, 0.29) is 5.91 Å². The summed E-state index contributed by atoms with van der Waals surface area (Å²) in [6.07, 6.45) is 1.71. The Morgan fingerprint density at radius 2 is 1.91 bits per heavy atom. The highest BCUT2D eigenvalue weighted by molar-refractivity contribution is 5.97. The zero-order valence-electron chi connectivity index (χ0n) is 13.0. The summed E-state index contributed by atoms with van der Waals surface area (Å²) in [7, 11) is 1.32. The molecular weight excluding hydrogens is 280 g/mol. The molecule has 0 aliphatic rings. The maximum atomic E-state index is 12.8. The maximum absolute atomic E-state index is 12.8. The van der Waals surface area contributed by atoms with Crippen LogP contribution in [-0.4, -0.2) is 34.9 Å². The number of rotatable bonds is 5. The summed E-state index contributed by atoms with van der Waals surface area (Å²) in [6.45, 7) is 3.85. The summed E-state index contributed by atoms with van der Waals surface area (Å²) in [5.41, 5.74) is 2.30. The molecule has 0 unspecified atom stereocenters. The van der Waals surface area contributed by atoms with Gasteiger partial charge in [-0.05, 0) is 25.5 Å². The van der Waals surface area contributed by atoms with Gasteiger partial charge in [0.2, 0.25) is 0 Å². The number of aromatic nitrogens is 1. The van der Waals surface area contributed by atoms with Gasteiger partial charge in [-0.2, -0.15) is 0 Å². The lowest BCUT2D eigenvalue weighted by molar-refractivity contribution is -0.145. The molecule has 0 radical (unpaired) electrons. The number of methoxy groups -OCH3 is 1. The van der Waals surface area contributed by atoms with Crippen molar-refractivity contribution >= 4 is 11.9 Å². The van der Waals surface area contributed by atoms with Crippen molar-refractivity contribution < 1.29 is 14.3 Å². The highest BCUT2D eigenvalue weighted by atomic mass is 16.5. The van der Waals surface area contributed by atoms with E-state index in [0.29, 0.717) is 12.1 Å². The molecule has 0 saturated heterocycles. The molecule has 22 heavy (non-hydrogen) atoms. The summed E-state index contributed by atoms with van der Waals surface area (Å²) in [5.74, 6) is -0.627. The third-order valence-corrected chi connectivity index (χ3v) is 3.65. The largest absolute Gasteiger partial charge is 0.467 e. The first-order valence-electron chi connectivity index (χ1n) is 7.11. The van der Waals surface area contributed by atoms with E-state index in [0.717, 1.165) is 11.3 Å². The first kappa shape index (κ1) is 15.8. The van der Waals surface area contributed by atoms with Crippen molar-refractivity contribution in [3.8, 4) is 0 Å². The molecule has 1 atom stereocenters. The molecule has 1 heterocycles. The predicted octanol–water partition coefficient (Wildman–Crippen LogP) is 2.53. The number of nitrogens with zero attached hydrogens (tertiary/aromatic N) is 1. The fraction of sp³-hybridized carbons (Fsp3) is 0.294. The number of nitrogens with one attached hydrogen (secondary N) is 1. The molecule has 2 aromatic rings. The molecule has 0 aliphatic carbocycles. The molecule has 1 aromatic heterocycles. The van der Waals surface area contributed by atoms with Crippen molar-refractivity contribution in [3.63, 3.8) is 0 Å². The SMILES string of the molecule is COC(=O)[C@H](C)N(Cc1ccccc1)C(=O)c1cc[nH]c1C. The van der Waals surface area contributed by atoms with Crippen LogP contribution in [0.5, 0.6) is 0 Å². The number of ether oxygens (including phenoxy) is 1. The van der Waals surface area contributed by atoms with Gasteiger partial charge in [-0.15, -0.1) is 0 Å². The molecule has 1 aromatic carbocycles. The number of amides is 1. The van der Waals surface area contributed by atoms with Crippen LogP contribution in [0.1, 0.15) is 28.5 Å². The molecule has 0 fully saturated rings. The van der Waals surface area contributed by atoms with Gasteiger partial charge in [-0.25, -0.2) is 4.79 Å². The van der Waals surface area contributed by atoms with Crippen LogP contribution in [0.4, 0.5) is 0 Å². The van der Waals surface area contributed by atoms with Crippen molar-refractivity contribution in [2.75, 3.05) is 7.11 Å². The Bertz CT molecular complexity index is 649. The van der Waals surface area contributed by atoms with Gasteiger partial charge in [0.25, 0.3) is 5.91 Å². The number of carbonyl (C=O) groups is 2. The average Bonchev–Trinajstić information content (AvgIpc) is 2.97. The minimum Gasteiger partial charge on any atom is -0.467 e. The van der Waals surface area contributed by atoms with Gasteiger partial charge in [0.05, 0.1) is 12.7 Å². The van der Waals surface area contributed by atoms with E-state index < -0.39 is 12.0 Å². The van der Waals surface area contributed by atoms with Crippen LogP contribution in [0.15, 0.2) is 42.6 Å². The number of hydrogen-bond donors (Lipinski definition) is 1. The Balaban J connectivity index is 2.31. The predicted molar refractivity (Wildman–Crippen MR) is 83.3 cm³/mol. The Morgan fingerprint density at radius 1 is 1.23 bits per heavy atom. The fourth-order valence-corrected chi connectivity index (χ4v) is 2.30. The summed E-state index contributed by atoms with van der Waals surface area (Å²) < 4.78 is 4.79. The quantitative estimate of drug-likeness (QED) is 0.863. The molecular formula is C17H20N2O3. The summed E-state index contributed by atoms with van der Waals surface area (Å²) in [4.78, 5) is 29.2. The first-order chi connectivity index (χ1) is 10.5. The second-order valence-electron chi connectivity index (χ2n) is 5.13. The van der Waals surface area contributed by atoms with Crippen molar-refractivity contribution in [2.45, 2.75) is 26.4 Å². The number of aromatic amines is 1. The maximum Gasteiger partial charge on any atom is 0.328 e. The lowest BCUT2D eigenvalue weighted by Crippen LogP contribution is -2.43. The molecule has 116 valence electrons. The molecule has 5 nitrogen and oxygen atoms in total. The van der Waals surface area contributed by atoms with Crippen LogP contribution in [0.2, 0.25) is 0 Å². The van der Waals surface area contributed by atoms with E-state index in [1.807, 2.05) is 37.3 Å². The first-order valence-corrected chi connectivity index (χ1v) is 7.11. The highest BCUT2D eigenvalue weighted by Crippen LogP contribution is 2.16. The van der Waals surface area contributed by atoms with Gasteiger partial charge in [0.1, 0.15) is 6.04 Å². The number of benzene rings is 1. The fourth-order valence-electron chi connectivity index (χ4n) is 2.30. The molecule has 1 amide bonds. The molecule has 5 heteroatoms. The van der Waals surface area contributed by atoms with Gasteiger partial charge in [0.15, 0.2) is 0 Å². The number of aryl methyl sites for hydroxylation is 1. The second-order valence-corrected chi connectivity index (χ2v) is 5.13. The third-order valence-electron chi connectivity index (χ3n) is 3.65. The van der Waals surface area contributed by atoms with Crippen molar-refractivity contribution in [2.24, 2.45) is 0 Å². The number of hydrogen-bond acceptors (Lipinski definition) is 3. The van der Waals surface area contributed by atoms with Gasteiger partial charge in [-0.1, -0.05) is 30.3 Å². The van der Waals surface area contributed by atoms with Crippen molar-refractivity contribution in [1.29, 1.82) is 0 Å².